The van der Waals surface area contributed by atoms with Crippen molar-refractivity contribution in [2.24, 2.45) is 17.8 Å². The molecule has 0 aromatic heterocycles. The van der Waals surface area contributed by atoms with Gasteiger partial charge in [-0.15, -0.1) is 0 Å². The van der Waals surface area contributed by atoms with Crippen LogP contribution in [-0.4, -0.2) is 155 Å². The van der Waals surface area contributed by atoms with Crippen LogP contribution in [0.5, 0.6) is 0 Å². The molecule has 0 spiro atoms. The maximum atomic E-state index is 14.3. The lowest BCUT2D eigenvalue weighted by Gasteiger charge is -2.56. The summed E-state index contributed by atoms with van der Waals surface area (Å²) in [5.41, 5.74) is -6.12. The van der Waals surface area contributed by atoms with Gasteiger partial charge in [0.05, 0.1) is 42.5 Å². The van der Waals surface area contributed by atoms with E-state index in [9.17, 15) is 30.3 Å². The monoisotopic (exact) mass is 776 g/mol. The fraction of sp³-hybridized carbons (Fsp3) is 0.974. The third-order valence-corrected chi connectivity index (χ3v) is 12.7. The number of nitrogens with one attached hydrogen (secondary N) is 3. The molecule has 18 atom stereocenters. The molecule has 4 aliphatic heterocycles. The van der Waals surface area contributed by atoms with Crippen molar-refractivity contribution >= 4 is 5.97 Å². The van der Waals surface area contributed by atoms with E-state index < -0.39 is 95.5 Å². The van der Waals surface area contributed by atoms with Crippen LogP contribution in [0.25, 0.3) is 0 Å². The third kappa shape index (κ3) is 9.62. The van der Waals surface area contributed by atoms with Crippen LogP contribution in [0.2, 0.25) is 0 Å². The molecule has 0 saturated carbocycles. The van der Waals surface area contributed by atoms with Gasteiger partial charge in [0.1, 0.15) is 35.1 Å². The van der Waals surface area contributed by atoms with Gasteiger partial charge in [0.2, 0.25) is 0 Å². The van der Waals surface area contributed by atoms with Gasteiger partial charge in [0, 0.05) is 31.0 Å². The Morgan fingerprint density at radius 1 is 0.981 bits per heavy atom. The number of aliphatic hydroxyl groups is 5. The van der Waals surface area contributed by atoms with E-state index in [1.807, 2.05) is 27.7 Å². The van der Waals surface area contributed by atoms with Crippen molar-refractivity contribution in [3.8, 4) is 0 Å². The molecule has 4 rings (SSSR count). The zero-order valence-corrected chi connectivity index (χ0v) is 34.5. The van der Waals surface area contributed by atoms with Crippen molar-refractivity contribution in [2.45, 2.75) is 191 Å². The number of esters is 1. The first kappa shape index (κ1) is 45.6. The maximum absolute atomic E-state index is 14.3. The molecule has 0 aliphatic carbocycles. The molecule has 4 aliphatic rings. The molecule has 2 bridgehead atoms. The SMILES string of the molecule is CCCNC[C@]1(O)[C@H](C)O[C@@H]2C[C@@]1(C)OC[C@H]1[C@H](O2)[C@@H](C)C(=O)O[C@H](CC)[C@@](C)(O)[C@H](O)[C@@H](C)NC[C@H](C)C[C@@](C)(O)[C@@H]1O[C@@H]1O[C@H](C)C[C@H](NC)[C@H]1O. The van der Waals surface area contributed by atoms with Crippen molar-refractivity contribution in [3.05, 3.63) is 0 Å². The number of likely N-dealkylation sites (N-methyl/N-ethyl adjacent to an activating group) is 1. The summed E-state index contributed by atoms with van der Waals surface area (Å²) in [7, 11) is 1.76. The summed E-state index contributed by atoms with van der Waals surface area (Å²) >= 11 is 0. The summed E-state index contributed by atoms with van der Waals surface area (Å²) < 4.78 is 39.0. The Hall–Kier alpha value is -1.05. The minimum absolute atomic E-state index is 0.125. The van der Waals surface area contributed by atoms with Gasteiger partial charge >= 0.3 is 5.97 Å². The maximum Gasteiger partial charge on any atom is 0.311 e. The second kappa shape index (κ2) is 18.3. The zero-order chi connectivity index (χ0) is 40.4. The van der Waals surface area contributed by atoms with Crippen molar-refractivity contribution in [1.82, 2.24) is 16.0 Å². The summed E-state index contributed by atoms with van der Waals surface area (Å²) in [6.45, 7) is 18.9. The Balaban J connectivity index is 1.86. The summed E-state index contributed by atoms with van der Waals surface area (Å²) in [5.74, 6) is -2.83. The highest BCUT2D eigenvalue weighted by Crippen LogP contribution is 2.46. The average Bonchev–Trinajstić information content (AvgIpc) is 3.10. The second-order valence-electron chi connectivity index (χ2n) is 17.5. The lowest BCUT2D eigenvalue weighted by atomic mass is 9.73. The number of cyclic esters (lactones) is 1. The molecular weight excluding hydrogens is 702 g/mol. The Kier molecular flexibility index (Phi) is 15.4. The second-order valence-corrected chi connectivity index (χ2v) is 17.5. The number of hydrogen-bond donors (Lipinski definition) is 8. The molecule has 0 radical (unpaired) electrons. The van der Waals surface area contributed by atoms with Crippen LogP contribution in [0, 0.1) is 17.8 Å². The summed E-state index contributed by atoms with van der Waals surface area (Å²) in [6.07, 6.45) is -6.86. The predicted octanol–water partition coefficient (Wildman–Crippen LogP) is 0.950. The molecule has 15 nitrogen and oxygen atoms in total. The van der Waals surface area contributed by atoms with Crippen molar-refractivity contribution in [3.63, 3.8) is 0 Å². The van der Waals surface area contributed by atoms with E-state index in [0.29, 0.717) is 19.5 Å². The molecule has 0 aromatic rings. The molecule has 0 unspecified atom stereocenters. The molecule has 0 aromatic carbocycles. The Morgan fingerprint density at radius 3 is 2.30 bits per heavy atom. The van der Waals surface area contributed by atoms with Crippen LogP contribution in [0.1, 0.15) is 101 Å². The summed E-state index contributed by atoms with van der Waals surface area (Å²) in [5, 5.41) is 69.2. The van der Waals surface area contributed by atoms with Gasteiger partial charge in [-0.1, -0.05) is 20.8 Å². The zero-order valence-electron chi connectivity index (χ0n) is 34.5. The van der Waals surface area contributed by atoms with E-state index in [2.05, 4.69) is 16.0 Å². The Bertz CT molecular complexity index is 1210. The van der Waals surface area contributed by atoms with Crippen molar-refractivity contribution in [1.29, 1.82) is 0 Å². The van der Waals surface area contributed by atoms with E-state index in [1.54, 1.807) is 41.7 Å². The molecule has 0 amide bonds. The highest BCUT2D eigenvalue weighted by molar-refractivity contribution is 5.73. The van der Waals surface area contributed by atoms with Crippen molar-refractivity contribution in [2.75, 3.05) is 33.3 Å². The molecular formula is C39H73N3O12. The van der Waals surface area contributed by atoms with Gasteiger partial charge in [0.15, 0.2) is 12.6 Å². The van der Waals surface area contributed by atoms with Crippen LogP contribution < -0.4 is 16.0 Å². The predicted molar refractivity (Wildman–Crippen MR) is 200 cm³/mol. The highest BCUT2D eigenvalue weighted by atomic mass is 16.7. The fourth-order valence-corrected chi connectivity index (χ4v) is 9.16. The van der Waals surface area contributed by atoms with E-state index in [1.165, 1.54) is 6.92 Å². The first-order chi connectivity index (χ1) is 25.1. The van der Waals surface area contributed by atoms with E-state index in [4.69, 9.17) is 28.4 Å². The Morgan fingerprint density at radius 2 is 1.67 bits per heavy atom. The normalized spacial score (nSPS) is 50.1. The van der Waals surface area contributed by atoms with Crippen LogP contribution in [0.4, 0.5) is 0 Å². The number of carbonyl (C=O) groups excluding carboxylic acids is 1. The average molecular weight is 776 g/mol. The number of carbonyl (C=O) groups is 1. The van der Waals surface area contributed by atoms with Gasteiger partial charge in [-0.25, -0.2) is 0 Å². The smallest absolute Gasteiger partial charge is 0.311 e. The molecule has 54 heavy (non-hydrogen) atoms. The fourth-order valence-electron chi connectivity index (χ4n) is 9.16. The first-order valence-corrected chi connectivity index (χ1v) is 20.3. The number of ether oxygens (including phenoxy) is 6. The topological polar surface area (TPSA) is 210 Å². The van der Waals surface area contributed by atoms with Crippen molar-refractivity contribution < 1.29 is 58.7 Å². The molecule has 4 saturated heterocycles. The van der Waals surface area contributed by atoms with Crippen LogP contribution in [0.15, 0.2) is 0 Å². The first-order valence-electron chi connectivity index (χ1n) is 20.3. The van der Waals surface area contributed by atoms with Gasteiger partial charge < -0.3 is 69.9 Å². The van der Waals surface area contributed by atoms with E-state index >= 15 is 0 Å². The van der Waals surface area contributed by atoms with Gasteiger partial charge in [-0.2, -0.15) is 0 Å². The van der Waals surface area contributed by atoms with Crippen LogP contribution in [-0.2, 0) is 33.2 Å². The quantitative estimate of drug-likeness (QED) is 0.128. The molecule has 4 fully saturated rings. The number of fused-ring (bicyclic) bond motifs is 3. The van der Waals surface area contributed by atoms with Crippen LogP contribution in [0.3, 0.4) is 0 Å². The lowest BCUT2D eigenvalue weighted by Crippen LogP contribution is -2.72. The van der Waals surface area contributed by atoms with Gasteiger partial charge in [-0.3, -0.25) is 4.79 Å². The summed E-state index contributed by atoms with van der Waals surface area (Å²) in [6, 6.07) is -0.953. The minimum Gasteiger partial charge on any atom is -0.459 e. The molecule has 8 N–H and O–H groups in total. The molecule has 15 heteroatoms. The number of hydrogen-bond acceptors (Lipinski definition) is 15. The molecule has 316 valence electrons. The lowest BCUT2D eigenvalue weighted by molar-refractivity contribution is -0.363. The van der Waals surface area contributed by atoms with E-state index in [-0.39, 0.29) is 50.5 Å². The third-order valence-electron chi connectivity index (χ3n) is 12.7. The highest BCUT2D eigenvalue weighted by Gasteiger charge is 2.61. The van der Waals surface area contributed by atoms with Gasteiger partial charge in [0.25, 0.3) is 0 Å². The standard InChI is InChI=1S/C39H73N3O12/c1-12-14-41-20-39(48)25(7)51-29-17-37(39,9)49-19-26-31(53-29)23(5)34(45)52-28(13-2)38(10,47)32(44)24(6)42-18-21(3)16-36(8,46)33(26)54-35-30(43)27(40-11)15-22(4)50-35/h21-33,35,40-44,46-48H,12-20H2,1-11H3/t21-,22-,23-,24-,25+,26+,27+,28-,29+,30-,31-,32-,33-,35+,36-,37-,38-,39+/m1/s1. The largest absolute Gasteiger partial charge is 0.459 e. The van der Waals surface area contributed by atoms with E-state index in [0.717, 1.165) is 6.42 Å². The number of aliphatic hydroxyl groups excluding tert-OH is 2. The summed E-state index contributed by atoms with van der Waals surface area (Å²) in [4.78, 5) is 14.3. The minimum atomic E-state index is -1.81. The van der Waals surface area contributed by atoms with Crippen LogP contribution >= 0.6 is 0 Å². The van der Waals surface area contributed by atoms with Gasteiger partial charge in [-0.05, 0) is 100 Å². The number of rotatable bonds is 8. The Labute approximate surface area is 322 Å². The molecule has 4 heterocycles.